The zero-order valence-electron chi connectivity index (χ0n) is 19.1. The van der Waals surface area contributed by atoms with E-state index in [1.54, 1.807) is 49.5 Å². The number of fused-ring (bicyclic) bond motifs is 1. The van der Waals surface area contributed by atoms with Gasteiger partial charge in [-0.3, -0.25) is 14.7 Å². The van der Waals surface area contributed by atoms with E-state index in [0.717, 1.165) is 16.5 Å². The fraction of sp³-hybridized carbons (Fsp3) is 0.269. The van der Waals surface area contributed by atoms with Crippen LogP contribution in [0.4, 0.5) is 10.1 Å². The molecule has 2 aromatic carbocycles. The molecule has 1 aliphatic carbocycles. The van der Waals surface area contributed by atoms with Crippen molar-refractivity contribution in [1.29, 1.82) is 0 Å². The van der Waals surface area contributed by atoms with Crippen LogP contribution in [0.5, 0.6) is 0 Å². The SMILES string of the molecule is CC1=CC=CC(F)(C(=O)Nc2ccc3cn[nH]c3c2)C1NC(=O)c1ccc(C(C)(C)C)cc1. The number of anilines is 1. The molecule has 0 fully saturated rings. The Balaban J connectivity index is 1.55. The molecule has 1 aromatic heterocycles. The summed E-state index contributed by atoms with van der Waals surface area (Å²) in [5.41, 5.74) is 0.675. The van der Waals surface area contributed by atoms with Crippen molar-refractivity contribution in [3.05, 3.63) is 83.6 Å². The summed E-state index contributed by atoms with van der Waals surface area (Å²) < 4.78 is 16.1. The number of hydrogen-bond acceptors (Lipinski definition) is 3. The van der Waals surface area contributed by atoms with Crippen LogP contribution in [0.1, 0.15) is 43.6 Å². The fourth-order valence-corrected chi connectivity index (χ4v) is 3.87. The first-order valence-corrected chi connectivity index (χ1v) is 10.8. The van der Waals surface area contributed by atoms with Gasteiger partial charge in [0.1, 0.15) is 0 Å². The molecule has 0 bridgehead atoms. The number of aromatic nitrogens is 2. The summed E-state index contributed by atoms with van der Waals surface area (Å²) in [6, 6.07) is 11.2. The second kappa shape index (κ2) is 8.31. The van der Waals surface area contributed by atoms with E-state index in [-0.39, 0.29) is 5.41 Å². The first-order chi connectivity index (χ1) is 15.6. The van der Waals surface area contributed by atoms with Crippen molar-refractivity contribution in [1.82, 2.24) is 15.5 Å². The molecule has 1 heterocycles. The van der Waals surface area contributed by atoms with Crippen molar-refractivity contribution in [3.63, 3.8) is 0 Å². The first kappa shape index (κ1) is 22.5. The van der Waals surface area contributed by atoms with Crippen molar-refractivity contribution in [2.75, 3.05) is 5.32 Å². The predicted molar refractivity (Wildman–Crippen MR) is 128 cm³/mol. The normalized spacial score (nSPS) is 20.4. The molecule has 0 saturated carbocycles. The van der Waals surface area contributed by atoms with Crippen LogP contribution >= 0.6 is 0 Å². The number of halogens is 1. The van der Waals surface area contributed by atoms with Crippen LogP contribution in [-0.4, -0.2) is 33.7 Å². The number of allylic oxidation sites excluding steroid dienone is 2. The van der Waals surface area contributed by atoms with Crippen LogP contribution < -0.4 is 10.6 Å². The summed E-state index contributed by atoms with van der Waals surface area (Å²) in [5, 5.41) is 13.0. The Labute approximate surface area is 192 Å². The highest BCUT2D eigenvalue weighted by atomic mass is 19.1. The number of carbonyl (C=O) groups is 2. The minimum Gasteiger partial charge on any atom is -0.341 e. The molecule has 3 aromatic rings. The number of rotatable bonds is 4. The second-order valence-corrected chi connectivity index (χ2v) is 9.40. The number of nitrogens with zero attached hydrogens (tertiary/aromatic N) is 1. The lowest BCUT2D eigenvalue weighted by molar-refractivity contribution is -0.125. The number of benzene rings is 2. The standard InChI is InChI=1S/C26H27FN4O2/c1-16-6-5-13-26(27,24(33)29-20-12-9-18-15-28-31-21(18)14-20)22(16)30-23(32)17-7-10-19(11-8-17)25(2,3)4/h5-15,22H,1-4H3,(H,28,31)(H,29,33)(H,30,32). The van der Waals surface area contributed by atoms with Crippen LogP contribution in [0, 0.1) is 0 Å². The summed E-state index contributed by atoms with van der Waals surface area (Å²) in [6.07, 6.45) is 6.02. The van der Waals surface area contributed by atoms with Gasteiger partial charge in [-0.2, -0.15) is 5.10 Å². The zero-order chi connectivity index (χ0) is 23.8. The number of aromatic amines is 1. The summed E-state index contributed by atoms with van der Waals surface area (Å²) in [7, 11) is 0. The van der Waals surface area contributed by atoms with E-state index in [0.29, 0.717) is 16.8 Å². The fourth-order valence-electron chi connectivity index (χ4n) is 3.87. The third kappa shape index (κ3) is 4.44. The molecule has 0 radical (unpaired) electrons. The molecule has 2 unspecified atom stereocenters. The maximum Gasteiger partial charge on any atom is 0.268 e. The molecule has 170 valence electrons. The molecule has 2 amide bonds. The van der Waals surface area contributed by atoms with E-state index in [4.69, 9.17) is 0 Å². The quantitative estimate of drug-likeness (QED) is 0.537. The smallest absolute Gasteiger partial charge is 0.268 e. The average Bonchev–Trinajstić information content (AvgIpc) is 3.23. The topological polar surface area (TPSA) is 86.9 Å². The number of alkyl halides is 1. The maximum absolute atomic E-state index is 16.1. The lowest BCUT2D eigenvalue weighted by atomic mass is 9.85. The molecule has 1 aliphatic rings. The monoisotopic (exact) mass is 446 g/mol. The second-order valence-electron chi connectivity index (χ2n) is 9.40. The predicted octanol–water partition coefficient (Wildman–Crippen LogP) is 4.82. The van der Waals surface area contributed by atoms with Gasteiger partial charge in [-0.05, 0) is 59.9 Å². The average molecular weight is 447 g/mol. The third-order valence-electron chi connectivity index (χ3n) is 5.91. The summed E-state index contributed by atoms with van der Waals surface area (Å²) in [4.78, 5) is 26.0. The molecule has 0 spiro atoms. The molecule has 7 heteroatoms. The Morgan fingerprint density at radius 2 is 1.85 bits per heavy atom. The number of hydrogen-bond donors (Lipinski definition) is 3. The van der Waals surface area contributed by atoms with Crippen LogP contribution in [-0.2, 0) is 10.2 Å². The van der Waals surface area contributed by atoms with Crippen LogP contribution in [0.15, 0.2) is 72.5 Å². The zero-order valence-corrected chi connectivity index (χ0v) is 19.1. The molecule has 6 nitrogen and oxygen atoms in total. The van der Waals surface area contributed by atoms with Crippen molar-refractivity contribution >= 4 is 28.4 Å². The first-order valence-electron chi connectivity index (χ1n) is 10.8. The van der Waals surface area contributed by atoms with Gasteiger partial charge >= 0.3 is 0 Å². The number of carbonyl (C=O) groups excluding carboxylic acids is 2. The molecule has 0 aliphatic heterocycles. The Bertz CT molecular complexity index is 1270. The van der Waals surface area contributed by atoms with Crippen molar-refractivity contribution in [2.24, 2.45) is 0 Å². The summed E-state index contributed by atoms with van der Waals surface area (Å²) in [6.45, 7) is 7.95. The van der Waals surface area contributed by atoms with Crippen molar-refractivity contribution in [2.45, 2.75) is 44.8 Å². The van der Waals surface area contributed by atoms with Crippen LogP contribution in [0.3, 0.4) is 0 Å². The Morgan fingerprint density at radius 3 is 2.55 bits per heavy atom. The minimum atomic E-state index is -2.46. The highest BCUT2D eigenvalue weighted by Crippen LogP contribution is 2.30. The molecule has 0 saturated heterocycles. The highest BCUT2D eigenvalue weighted by Gasteiger charge is 2.47. The molecular weight excluding hydrogens is 419 g/mol. The lowest BCUT2D eigenvalue weighted by Gasteiger charge is -2.33. The van der Waals surface area contributed by atoms with E-state index >= 15 is 4.39 Å². The Kier molecular flexibility index (Phi) is 5.66. The maximum atomic E-state index is 16.1. The Morgan fingerprint density at radius 1 is 1.12 bits per heavy atom. The van der Waals surface area contributed by atoms with Gasteiger partial charge in [-0.25, -0.2) is 4.39 Å². The minimum absolute atomic E-state index is 0.0477. The van der Waals surface area contributed by atoms with Crippen LogP contribution in [0.25, 0.3) is 10.9 Å². The highest BCUT2D eigenvalue weighted by molar-refractivity contribution is 6.02. The van der Waals surface area contributed by atoms with E-state index in [2.05, 4.69) is 41.6 Å². The van der Waals surface area contributed by atoms with Gasteiger partial charge in [0.25, 0.3) is 11.8 Å². The third-order valence-corrected chi connectivity index (χ3v) is 5.91. The number of nitrogens with one attached hydrogen (secondary N) is 3. The van der Waals surface area contributed by atoms with E-state index < -0.39 is 23.5 Å². The summed E-state index contributed by atoms with van der Waals surface area (Å²) >= 11 is 0. The Hall–Kier alpha value is -3.74. The molecular formula is C26H27FN4O2. The number of H-pyrrole nitrogens is 1. The molecule has 3 N–H and O–H groups in total. The molecule has 33 heavy (non-hydrogen) atoms. The van der Waals surface area contributed by atoms with Gasteiger partial charge in [0.2, 0.25) is 5.67 Å². The molecule has 4 rings (SSSR count). The largest absolute Gasteiger partial charge is 0.341 e. The van der Waals surface area contributed by atoms with Gasteiger partial charge in [-0.1, -0.05) is 45.1 Å². The van der Waals surface area contributed by atoms with Gasteiger partial charge in [-0.15, -0.1) is 0 Å². The summed E-state index contributed by atoms with van der Waals surface area (Å²) in [5.74, 6) is -1.31. The number of amides is 2. The van der Waals surface area contributed by atoms with Gasteiger partial charge < -0.3 is 10.6 Å². The van der Waals surface area contributed by atoms with Gasteiger partial charge in [0.05, 0.1) is 17.8 Å². The lowest BCUT2D eigenvalue weighted by Crippen LogP contribution is -2.56. The van der Waals surface area contributed by atoms with E-state index in [1.807, 2.05) is 12.1 Å². The van der Waals surface area contributed by atoms with E-state index in [9.17, 15) is 9.59 Å². The van der Waals surface area contributed by atoms with Crippen molar-refractivity contribution in [3.8, 4) is 0 Å². The van der Waals surface area contributed by atoms with Crippen molar-refractivity contribution < 1.29 is 14.0 Å². The van der Waals surface area contributed by atoms with Gasteiger partial charge in [0, 0.05) is 16.6 Å². The molecule has 2 atom stereocenters. The van der Waals surface area contributed by atoms with Gasteiger partial charge in [0.15, 0.2) is 0 Å². The van der Waals surface area contributed by atoms with E-state index in [1.165, 1.54) is 12.2 Å². The van der Waals surface area contributed by atoms with Crippen LogP contribution in [0.2, 0.25) is 0 Å².